The Hall–Kier alpha value is -1.98. The number of rotatable bonds is 7. The Kier molecular flexibility index (Phi) is 6.30. The third-order valence-corrected chi connectivity index (χ3v) is 3.93. The lowest BCUT2D eigenvalue weighted by Gasteiger charge is -2.08. The van der Waals surface area contributed by atoms with Crippen LogP contribution in [0.2, 0.25) is 0 Å². The van der Waals surface area contributed by atoms with E-state index in [4.69, 9.17) is 9.47 Å². The molecular weight excluding hydrogens is 298 g/mol. The number of amides is 1. The molecule has 0 bridgehead atoms. The minimum atomic E-state index is -0.0395. The molecule has 0 unspecified atom stereocenters. The van der Waals surface area contributed by atoms with Crippen molar-refractivity contribution in [3.8, 4) is 5.75 Å². The first kappa shape index (κ1) is 16.4. The number of anilines is 1. The van der Waals surface area contributed by atoms with Crippen molar-refractivity contribution in [1.82, 2.24) is 0 Å². The van der Waals surface area contributed by atoms with Gasteiger partial charge in [0, 0.05) is 17.7 Å². The summed E-state index contributed by atoms with van der Waals surface area (Å²) in [4.78, 5) is 13.0. The molecule has 116 valence electrons. The molecule has 0 saturated carbocycles. The average Bonchev–Trinajstić information content (AvgIpc) is 2.54. The summed E-state index contributed by atoms with van der Waals surface area (Å²) in [6, 6.07) is 15.3. The molecule has 0 saturated heterocycles. The van der Waals surface area contributed by atoms with Crippen molar-refractivity contribution in [3.63, 3.8) is 0 Å². The molecule has 0 aromatic heterocycles. The van der Waals surface area contributed by atoms with E-state index in [1.54, 1.807) is 14.2 Å². The van der Waals surface area contributed by atoms with Gasteiger partial charge >= 0.3 is 0 Å². The van der Waals surface area contributed by atoms with Crippen molar-refractivity contribution < 1.29 is 14.3 Å². The van der Waals surface area contributed by atoms with Crippen LogP contribution in [0.3, 0.4) is 0 Å². The number of hydrogen-bond acceptors (Lipinski definition) is 4. The molecule has 2 aromatic rings. The number of carbonyl (C=O) groups excluding carboxylic acids is 1. The number of carbonyl (C=O) groups is 1. The molecule has 0 heterocycles. The van der Waals surface area contributed by atoms with Gasteiger partial charge in [-0.25, -0.2) is 0 Å². The maximum absolute atomic E-state index is 12.0. The monoisotopic (exact) mass is 317 g/mol. The summed E-state index contributed by atoms with van der Waals surface area (Å²) < 4.78 is 10.3. The topological polar surface area (TPSA) is 47.6 Å². The third kappa shape index (κ3) is 5.09. The van der Waals surface area contributed by atoms with Crippen LogP contribution in [0.25, 0.3) is 0 Å². The van der Waals surface area contributed by atoms with Gasteiger partial charge in [0.1, 0.15) is 5.75 Å². The van der Waals surface area contributed by atoms with Gasteiger partial charge in [-0.15, -0.1) is 11.8 Å². The highest BCUT2D eigenvalue weighted by atomic mass is 32.2. The summed E-state index contributed by atoms with van der Waals surface area (Å²) in [5, 5.41) is 2.89. The fourth-order valence-corrected chi connectivity index (χ4v) is 2.69. The number of nitrogens with one attached hydrogen (secondary N) is 1. The molecule has 0 atom stereocenters. The van der Waals surface area contributed by atoms with E-state index in [9.17, 15) is 4.79 Å². The van der Waals surface area contributed by atoms with Crippen LogP contribution in [-0.4, -0.2) is 25.9 Å². The van der Waals surface area contributed by atoms with E-state index in [1.807, 2.05) is 48.5 Å². The highest BCUT2D eigenvalue weighted by Crippen LogP contribution is 2.23. The van der Waals surface area contributed by atoms with E-state index in [0.717, 1.165) is 21.9 Å². The SMILES string of the molecule is COCc1cccc(NC(=O)CSc2cccc(OC)c2)c1. The zero-order chi connectivity index (χ0) is 15.8. The fraction of sp³-hybridized carbons (Fsp3) is 0.235. The average molecular weight is 317 g/mol. The lowest BCUT2D eigenvalue weighted by molar-refractivity contribution is -0.113. The maximum atomic E-state index is 12.0. The van der Waals surface area contributed by atoms with Crippen molar-refractivity contribution in [2.75, 3.05) is 25.3 Å². The van der Waals surface area contributed by atoms with E-state index >= 15 is 0 Å². The molecular formula is C17H19NO3S. The molecule has 1 amide bonds. The van der Waals surface area contributed by atoms with Crippen LogP contribution in [0.5, 0.6) is 5.75 Å². The van der Waals surface area contributed by atoms with Gasteiger partial charge < -0.3 is 14.8 Å². The molecule has 0 fully saturated rings. The largest absolute Gasteiger partial charge is 0.497 e. The first-order valence-corrected chi connectivity index (χ1v) is 7.84. The Bertz CT molecular complexity index is 631. The van der Waals surface area contributed by atoms with E-state index in [-0.39, 0.29) is 5.91 Å². The highest BCUT2D eigenvalue weighted by Gasteiger charge is 2.05. The zero-order valence-corrected chi connectivity index (χ0v) is 13.5. The molecule has 0 spiro atoms. The smallest absolute Gasteiger partial charge is 0.234 e. The molecule has 0 aliphatic carbocycles. The minimum Gasteiger partial charge on any atom is -0.497 e. The lowest BCUT2D eigenvalue weighted by atomic mass is 10.2. The van der Waals surface area contributed by atoms with E-state index in [1.165, 1.54) is 11.8 Å². The molecule has 2 aromatic carbocycles. The number of thioether (sulfide) groups is 1. The van der Waals surface area contributed by atoms with Crippen molar-refractivity contribution in [2.45, 2.75) is 11.5 Å². The first-order chi connectivity index (χ1) is 10.7. The normalized spacial score (nSPS) is 10.3. The van der Waals surface area contributed by atoms with Gasteiger partial charge in [-0.1, -0.05) is 18.2 Å². The van der Waals surface area contributed by atoms with Crippen LogP contribution in [0.4, 0.5) is 5.69 Å². The van der Waals surface area contributed by atoms with Crippen molar-refractivity contribution in [3.05, 3.63) is 54.1 Å². The van der Waals surface area contributed by atoms with Crippen LogP contribution in [-0.2, 0) is 16.1 Å². The summed E-state index contributed by atoms with van der Waals surface area (Å²) in [6.45, 7) is 0.530. The van der Waals surface area contributed by atoms with Crippen LogP contribution in [0.1, 0.15) is 5.56 Å². The molecule has 0 radical (unpaired) electrons. The molecule has 0 aliphatic heterocycles. The highest BCUT2D eigenvalue weighted by molar-refractivity contribution is 8.00. The van der Waals surface area contributed by atoms with Crippen LogP contribution in [0, 0.1) is 0 Å². The quantitative estimate of drug-likeness (QED) is 0.793. The van der Waals surface area contributed by atoms with Gasteiger partial charge in [-0.05, 0) is 35.9 Å². The third-order valence-electron chi connectivity index (χ3n) is 2.93. The molecule has 5 heteroatoms. The predicted octanol–water partition coefficient (Wildman–Crippen LogP) is 3.57. The lowest BCUT2D eigenvalue weighted by Crippen LogP contribution is -2.14. The van der Waals surface area contributed by atoms with Gasteiger partial charge in [0.05, 0.1) is 19.5 Å². The summed E-state index contributed by atoms with van der Waals surface area (Å²) in [6.07, 6.45) is 0. The second-order valence-corrected chi connectivity index (χ2v) is 5.70. The fourth-order valence-electron chi connectivity index (χ4n) is 1.94. The summed E-state index contributed by atoms with van der Waals surface area (Å²) >= 11 is 1.48. The Morgan fingerprint density at radius 3 is 2.73 bits per heavy atom. The van der Waals surface area contributed by atoms with Gasteiger partial charge in [-0.3, -0.25) is 4.79 Å². The number of hydrogen-bond donors (Lipinski definition) is 1. The molecule has 22 heavy (non-hydrogen) atoms. The first-order valence-electron chi connectivity index (χ1n) is 6.86. The van der Waals surface area contributed by atoms with Crippen LogP contribution < -0.4 is 10.1 Å². The number of ether oxygens (including phenoxy) is 2. The Balaban J connectivity index is 1.88. The molecule has 0 aliphatic rings. The molecule has 4 nitrogen and oxygen atoms in total. The molecule has 1 N–H and O–H groups in total. The Labute approximate surface area is 134 Å². The van der Waals surface area contributed by atoms with E-state index < -0.39 is 0 Å². The number of methoxy groups -OCH3 is 2. The summed E-state index contributed by atoms with van der Waals surface area (Å²) in [5.74, 6) is 1.10. The zero-order valence-electron chi connectivity index (χ0n) is 12.7. The second-order valence-electron chi connectivity index (χ2n) is 4.65. The van der Waals surface area contributed by atoms with Gasteiger partial charge in [0.15, 0.2) is 0 Å². The van der Waals surface area contributed by atoms with Crippen LogP contribution in [0.15, 0.2) is 53.4 Å². The Morgan fingerprint density at radius 2 is 1.95 bits per heavy atom. The van der Waals surface area contributed by atoms with Gasteiger partial charge in [0.2, 0.25) is 5.91 Å². The van der Waals surface area contributed by atoms with E-state index in [2.05, 4.69) is 5.32 Å². The van der Waals surface area contributed by atoms with Gasteiger partial charge in [-0.2, -0.15) is 0 Å². The molecule has 2 rings (SSSR count). The number of benzene rings is 2. The predicted molar refractivity (Wildman–Crippen MR) is 89.5 cm³/mol. The van der Waals surface area contributed by atoms with Crippen molar-refractivity contribution in [1.29, 1.82) is 0 Å². The van der Waals surface area contributed by atoms with Crippen LogP contribution >= 0.6 is 11.8 Å². The van der Waals surface area contributed by atoms with Crippen molar-refractivity contribution in [2.24, 2.45) is 0 Å². The standard InChI is InChI=1S/C17H19NO3S/c1-20-11-13-5-3-6-14(9-13)18-17(19)12-22-16-8-4-7-15(10-16)21-2/h3-10H,11-12H2,1-2H3,(H,18,19). The maximum Gasteiger partial charge on any atom is 0.234 e. The van der Waals surface area contributed by atoms with E-state index in [0.29, 0.717) is 12.4 Å². The van der Waals surface area contributed by atoms with Crippen molar-refractivity contribution >= 4 is 23.4 Å². The minimum absolute atomic E-state index is 0.0395. The summed E-state index contributed by atoms with van der Waals surface area (Å²) in [5.41, 5.74) is 1.81. The summed E-state index contributed by atoms with van der Waals surface area (Å²) in [7, 11) is 3.28. The van der Waals surface area contributed by atoms with Gasteiger partial charge in [0.25, 0.3) is 0 Å². The second kappa shape index (κ2) is 8.46. The Morgan fingerprint density at radius 1 is 1.14 bits per heavy atom.